The van der Waals surface area contributed by atoms with Crippen LogP contribution in [0.2, 0.25) is 0 Å². The molecule has 10 nitrogen and oxygen atoms in total. The van der Waals surface area contributed by atoms with Gasteiger partial charge in [0.25, 0.3) is 0 Å². The predicted octanol–water partition coefficient (Wildman–Crippen LogP) is 6.75. The van der Waals surface area contributed by atoms with E-state index in [-0.39, 0.29) is 55.2 Å². The van der Waals surface area contributed by atoms with E-state index in [0.29, 0.717) is 43.9 Å². The van der Waals surface area contributed by atoms with Crippen LogP contribution in [0.4, 0.5) is 0 Å². The minimum atomic E-state index is -0.987. The van der Waals surface area contributed by atoms with Gasteiger partial charge in [0.15, 0.2) is 6.29 Å². The van der Waals surface area contributed by atoms with Crippen LogP contribution in [0.25, 0.3) is 0 Å². The van der Waals surface area contributed by atoms with Crippen LogP contribution in [0.1, 0.15) is 137 Å². The molecule has 7 unspecified atom stereocenters. The molecule has 0 spiro atoms. The zero-order chi connectivity index (χ0) is 35.0. The molecule has 9 fully saturated rings. The summed E-state index contributed by atoms with van der Waals surface area (Å²) >= 11 is 0. The molecule has 1 saturated heterocycles. The molecular formula is C39H58O10. The lowest BCUT2D eigenvalue weighted by Gasteiger charge is -2.60. The van der Waals surface area contributed by atoms with Gasteiger partial charge in [0.1, 0.15) is 17.8 Å². The largest absolute Gasteiger partial charge is 0.481 e. The van der Waals surface area contributed by atoms with Gasteiger partial charge in [-0.15, -0.1) is 0 Å². The standard InChI is InChI=1S/C39H58O10/c1-6-35(4,21-34(2,3)31(42)48-38-16-24-10-25(17-38)13-36(12-24,22-38)30(40)41)32(43)49-39-18-26-11-27(19-39)15-37(14-26,23-39)33(44)46-20-28-8-7-9-29(45-5)47-28/h24-29H,6-23H2,1-5H3,(H,40,41). The fourth-order valence-electron chi connectivity index (χ4n) is 12.6. The summed E-state index contributed by atoms with van der Waals surface area (Å²) in [4.78, 5) is 54.5. The van der Waals surface area contributed by atoms with Gasteiger partial charge in [0.2, 0.25) is 0 Å². The zero-order valence-corrected chi connectivity index (χ0v) is 30.3. The topological polar surface area (TPSA) is 135 Å². The fraction of sp³-hybridized carbons (Fsp3) is 0.897. The minimum absolute atomic E-state index is 0.176. The third-order valence-corrected chi connectivity index (χ3v) is 14.2. The van der Waals surface area contributed by atoms with Crippen molar-refractivity contribution in [1.82, 2.24) is 0 Å². The molecule has 274 valence electrons. The summed E-state index contributed by atoms with van der Waals surface area (Å²) in [5, 5.41) is 10.2. The third kappa shape index (κ3) is 6.33. The second kappa shape index (κ2) is 12.2. The van der Waals surface area contributed by atoms with Gasteiger partial charge >= 0.3 is 23.9 Å². The van der Waals surface area contributed by atoms with E-state index in [1.54, 1.807) is 7.11 Å². The first-order chi connectivity index (χ1) is 23.0. The molecule has 0 radical (unpaired) electrons. The third-order valence-electron chi connectivity index (χ3n) is 14.2. The van der Waals surface area contributed by atoms with E-state index in [1.807, 2.05) is 27.7 Å². The number of hydrogen-bond donors (Lipinski definition) is 1. The van der Waals surface area contributed by atoms with E-state index in [9.17, 15) is 24.3 Å². The average molecular weight is 687 g/mol. The number of carboxylic acids is 1. The van der Waals surface area contributed by atoms with Crippen LogP contribution >= 0.6 is 0 Å². The number of carboxylic acid groups (broad SMARTS) is 1. The maximum atomic E-state index is 14.3. The number of carbonyl (C=O) groups excluding carboxylic acids is 3. The van der Waals surface area contributed by atoms with E-state index >= 15 is 0 Å². The Kier molecular flexibility index (Phi) is 8.77. The summed E-state index contributed by atoms with van der Waals surface area (Å²) in [6.07, 6.45) is 11.7. The summed E-state index contributed by atoms with van der Waals surface area (Å²) < 4.78 is 30.3. The highest BCUT2D eigenvalue weighted by Crippen LogP contribution is 2.65. The molecule has 0 aromatic carbocycles. The Morgan fingerprint density at radius 1 is 0.776 bits per heavy atom. The number of hydrogen-bond acceptors (Lipinski definition) is 9. The molecule has 10 heteroatoms. The van der Waals surface area contributed by atoms with E-state index < -0.39 is 38.8 Å². The molecule has 9 rings (SSSR count). The quantitative estimate of drug-likeness (QED) is 0.173. The number of ether oxygens (including phenoxy) is 5. The van der Waals surface area contributed by atoms with Crippen LogP contribution in [-0.4, -0.2) is 66.3 Å². The molecule has 0 aromatic heterocycles. The van der Waals surface area contributed by atoms with Gasteiger partial charge in [0, 0.05) is 20.0 Å². The van der Waals surface area contributed by atoms with Crippen molar-refractivity contribution in [1.29, 1.82) is 0 Å². The molecule has 1 N–H and O–H groups in total. The maximum Gasteiger partial charge on any atom is 0.312 e. The predicted molar refractivity (Wildman–Crippen MR) is 177 cm³/mol. The van der Waals surface area contributed by atoms with Crippen molar-refractivity contribution < 1.29 is 48.0 Å². The Balaban J connectivity index is 1.01. The summed E-state index contributed by atoms with van der Waals surface area (Å²) in [5.41, 5.74) is -4.84. The Labute approximate surface area is 291 Å². The summed E-state index contributed by atoms with van der Waals surface area (Å²) in [5.74, 6) is -0.484. The van der Waals surface area contributed by atoms with E-state index in [1.165, 1.54) is 0 Å². The van der Waals surface area contributed by atoms with Crippen molar-refractivity contribution in [3.05, 3.63) is 0 Å². The van der Waals surface area contributed by atoms with Crippen LogP contribution in [-0.2, 0) is 42.9 Å². The van der Waals surface area contributed by atoms with Gasteiger partial charge in [-0.25, -0.2) is 0 Å². The van der Waals surface area contributed by atoms with Gasteiger partial charge in [-0.05, 0) is 141 Å². The lowest BCUT2D eigenvalue weighted by atomic mass is 9.48. The number of rotatable bonds is 12. The van der Waals surface area contributed by atoms with Gasteiger partial charge in [-0.1, -0.05) is 6.92 Å². The second-order valence-electron chi connectivity index (χ2n) is 18.9. The van der Waals surface area contributed by atoms with Crippen LogP contribution in [0.3, 0.4) is 0 Å². The van der Waals surface area contributed by atoms with Gasteiger partial charge in [0.05, 0.1) is 27.8 Å². The normalized spacial score (nSPS) is 43.1. The Bertz CT molecular complexity index is 1320. The van der Waals surface area contributed by atoms with Gasteiger partial charge < -0.3 is 28.8 Å². The smallest absolute Gasteiger partial charge is 0.312 e. The molecule has 0 aromatic rings. The number of methoxy groups -OCH3 is 1. The molecule has 7 atom stereocenters. The summed E-state index contributed by atoms with van der Waals surface area (Å²) in [7, 11) is 1.63. The SMILES string of the molecule is CCC(C)(CC(C)(C)C(=O)OC12CC3CC(C1)CC(C(=O)O)(C3)C2)C(=O)OC12CC3CC(C1)CC(C(=O)OCC1CCCC(OC)O1)(C3)C2. The Morgan fingerprint density at radius 2 is 1.31 bits per heavy atom. The molecule has 49 heavy (non-hydrogen) atoms. The molecular weight excluding hydrogens is 628 g/mol. The molecule has 8 bridgehead atoms. The van der Waals surface area contributed by atoms with Gasteiger partial charge in [-0.3, -0.25) is 19.2 Å². The highest BCUT2D eigenvalue weighted by molar-refractivity contribution is 5.82. The fourth-order valence-corrected chi connectivity index (χ4v) is 12.6. The van der Waals surface area contributed by atoms with Gasteiger partial charge in [-0.2, -0.15) is 0 Å². The van der Waals surface area contributed by atoms with Crippen molar-refractivity contribution in [3.8, 4) is 0 Å². The monoisotopic (exact) mass is 686 g/mol. The van der Waals surface area contributed by atoms with Crippen molar-refractivity contribution in [2.75, 3.05) is 13.7 Å². The molecule has 0 amide bonds. The maximum absolute atomic E-state index is 14.3. The number of aliphatic carboxylic acids is 1. The molecule has 8 aliphatic carbocycles. The van der Waals surface area contributed by atoms with Crippen molar-refractivity contribution in [2.24, 2.45) is 45.3 Å². The van der Waals surface area contributed by atoms with Crippen LogP contribution in [0.5, 0.6) is 0 Å². The van der Waals surface area contributed by atoms with E-state index in [4.69, 9.17) is 23.7 Å². The molecule has 1 aliphatic heterocycles. The summed E-state index contributed by atoms with van der Waals surface area (Å²) in [6.45, 7) is 7.73. The van der Waals surface area contributed by atoms with Crippen LogP contribution in [0.15, 0.2) is 0 Å². The lowest BCUT2D eigenvalue weighted by Crippen LogP contribution is -2.61. The molecule has 1 heterocycles. The highest BCUT2D eigenvalue weighted by atomic mass is 16.7. The average Bonchev–Trinajstić information content (AvgIpc) is 3.01. The van der Waals surface area contributed by atoms with Crippen molar-refractivity contribution in [3.63, 3.8) is 0 Å². The Hall–Kier alpha value is -2.20. The summed E-state index contributed by atoms with van der Waals surface area (Å²) in [6, 6.07) is 0. The second-order valence-corrected chi connectivity index (χ2v) is 18.9. The number of esters is 3. The first-order valence-electron chi connectivity index (χ1n) is 19.1. The zero-order valence-electron chi connectivity index (χ0n) is 30.3. The first-order valence-corrected chi connectivity index (χ1v) is 19.1. The number of carbonyl (C=O) groups is 4. The first kappa shape index (κ1) is 35.2. The van der Waals surface area contributed by atoms with Crippen LogP contribution in [0, 0.1) is 45.3 Å². The van der Waals surface area contributed by atoms with E-state index in [2.05, 4.69) is 0 Å². The van der Waals surface area contributed by atoms with Crippen molar-refractivity contribution >= 4 is 23.9 Å². The highest BCUT2D eigenvalue weighted by Gasteiger charge is 2.65. The van der Waals surface area contributed by atoms with E-state index in [0.717, 1.165) is 70.6 Å². The van der Waals surface area contributed by atoms with Crippen molar-refractivity contribution in [2.45, 2.75) is 160 Å². The Morgan fingerprint density at radius 3 is 1.84 bits per heavy atom. The minimum Gasteiger partial charge on any atom is -0.481 e. The molecule has 8 saturated carbocycles. The van der Waals surface area contributed by atoms with Crippen LogP contribution < -0.4 is 0 Å². The molecule has 9 aliphatic rings. The lowest BCUT2D eigenvalue weighted by molar-refractivity contribution is -0.225.